The van der Waals surface area contributed by atoms with Crippen LogP contribution < -0.4 is 24.4 Å². The highest BCUT2D eigenvalue weighted by atomic mass is 16.8. The third-order valence-electron chi connectivity index (χ3n) is 13.2. The molecule has 8 rings (SSSR count). The molecule has 0 radical (unpaired) electrons. The van der Waals surface area contributed by atoms with Crippen LogP contribution in [0, 0.1) is 12.8 Å². The number of carbonyl (C=O) groups is 5. The van der Waals surface area contributed by atoms with Gasteiger partial charge in [-0.15, -0.1) is 0 Å². The van der Waals surface area contributed by atoms with Gasteiger partial charge in [0.25, 0.3) is 0 Å². The molecule has 20 nitrogen and oxygen atoms in total. The summed E-state index contributed by atoms with van der Waals surface area (Å²) in [5.74, 6) is -5.52. The zero-order valence-corrected chi connectivity index (χ0v) is 46.0. The molecule has 0 unspecified atom stereocenters. The predicted molar refractivity (Wildman–Crippen MR) is 288 cm³/mol. The van der Waals surface area contributed by atoms with Gasteiger partial charge in [-0.25, -0.2) is 0 Å². The van der Waals surface area contributed by atoms with Crippen LogP contribution in [0.3, 0.4) is 0 Å². The van der Waals surface area contributed by atoms with Crippen LogP contribution in [0.25, 0.3) is 22.3 Å². The Hall–Kier alpha value is -8.46. The number of rotatable bonds is 21. The summed E-state index contributed by atoms with van der Waals surface area (Å²) in [5, 5.41) is 11.1. The number of carbonyl (C=O) groups excluding carboxylic acids is 5. The van der Waals surface area contributed by atoms with Crippen LogP contribution in [0.4, 0.5) is 0 Å². The molecule has 5 aromatic carbocycles. The van der Waals surface area contributed by atoms with E-state index in [1.165, 1.54) is 13.0 Å². The first-order valence-corrected chi connectivity index (χ1v) is 26.3. The van der Waals surface area contributed by atoms with Crippen LogP contribution in [-0.2, 0) is 81.7 Å². The van der Waals surface area contributed by atoms with E-state index in [-0.39, 0.29) is 59.4 Å². The SMILES string of the molecule is CC[C@H]1O[C@@H](OC[C@H]2O[C@@H](Oc3c(-c4cc(OCc5ccccc5)c(OCc5ccccc5)c(OCc5ccccc5)c4)oc4cc(C)cc(O)c4c3=O)[C@H](OC(C)=O)[C@@H](OC(C)=O)[C@H]2OC(C)=O)[C@@H](OC(C)=O)[C@@H](OC(C)=O)[C@@H]1C. The van der Waals surface area contributed by atoms with Gasteiger partial charge in [0.1, 0.15) is 48.7 Å². The maximum Gasteiger partial charge on any atom is 0.303 e. The zero-order valence-electron chi connectivity index (χ0n) is 46.0. The number of ether oxygens (including phenoxy) is 12. The van der Waals surface area contributed by atoms with Crippen LogP contribution in [0.1, 0.15) is 77.1 Å². The van der Waals surface area contributed by atoms with Gasteiger partial charge in [-0.3, -0.25) is 28.8 Å². The molecule has 6 aromatic rings. The first-order chi connectivity index (χ1) is 38.9. The lowest BCUT2D eigenvalue weighted by Gasteiger charge is -2.46. The number of aryl methyl sites for hydroxylation is 1. The van der Waals surface area contributed by atoms with Gasteiger partial charge in [0, 0.05) is 46.1 Å². The van der Waals surface area contributed by atoms with Crippen molar-refractivity contribution >= 4 is 40.8 Å². The van der Waals surface area contributed by atoms with Crippen molar-refractivity contribution < 1.29 is 90.3 Å². The summed E-state index contributed by atoms with van der Waals surface area (Å²) in [5.41, 5.74) is 2.07. The molecule has 81 heavy (non-hydrogen) atoms. The van der Waals surface area contributed by atoms with Crippen molar-refractivity contribution in [1.29, 1.82) is 0 Å². The molecular formula is C61H64O20. The quantitative estimate of drug-likeness (QED) is 0.0522. The van der Waals surface area contributed by atoms with Gasteiger partial charge in [-0.05, 0) is 59.9 Å². The number of esters is 5. The Kier molecular flexibility index (Phi) is 19.3. The number of aromatic hydroxyl groups is 1. The Morgan fingerprint density at radius 3 is 1.51 bits per heavy atom. The van der Waals surface area contributed by atoms with Crippen molar-refractivity contribution in [1.82, 2.24) is 0 Å². The molecule has 428 valence electrons. The van der Waals surface area contributed by atoms with Crippen molar-refractivity contribution in [2.75, 3.05) is 6.61 Å². The third kappa shape index (κ3) is 14.7. The summed E-state index contributed by atoms with van der Waals surface area (Å²) in [6.45, 7) is 10.4. The highest BCUT2D eigenvalue weighted by Gasteiger charge is 2.55. The van der Waals surface area contributed by atoms with Gasteiger partial charge < -0.3 is 66.4 Å². The van der Waals surface area contributed by atoms with Gasteiger partial charge in [0.05, 0.1) is 12.7 Å². The predicted octanol–water partition coefficient (Wildman–Crippen LogP) is 8.76. The average Bonchev–Trinajstić information content (AvgIpc) is 3.46. The first-order valence-electron chi connectivity index (χ1n) is 26.3. The minimum absolute atomic E-state index is 0.0444. The van der Waals surface area contributed by atoms with E-state index in [0.29, 0.717) is 12.0 Å². The fraction of sp³-hybridized carbons (Fsp3) is 0.377. The maximum absolute atomic E-state index is 15.3. The van der Waals surface area contributed by atoms with E-state index in [2.05, 4.69) is 0 Å². The summed E-state index contributed by atoms with van der Waals surface area (Å²) >= 11 is 0. The van der Waals surface area contributed by atoms with E-state index in [4.69, 9.17) is 61.3 Å². The summed E-state index contributed by atoms with van der Waals surface area (Å²) < 4.78 is 81.0. The Balaban J connectivity index is 1.29. The summed E-state index contributed by atoms with van der Waals surface area (Å²) in [7, 11) is 0. The highest BCUT2D eigenvalue weighted by Crippen LogP contribution is 2.46. The van der Waals surface area contributed by atoms with Crippen LogP contribution >= 0.6 is 0 Å². The van der Waals surface area contributed by atoms with Crippen molar-refractivity contribution in [3.05, 3.63) is 148 Å². The van der Waals surface area contributed by atoms with Gasteiger partial charge in [0.2, 0.25) is 29.3 Å². The summed E-state index contributed by atoms with van der Waals surface area (Å²) in [4.78, 5) is 79.5. The first kappa shape index (κ1) is 58.7. The molecule has 0 bridgehead atoms. The number of hydrogen-bond donors (Lipinski definition) is 1. The normalized spacial score (nSPS) is 22.4. The molecule has 3 heterocycles. The highest BCUT2D eigenvalue weighted by molar-refractivity contribution is 5.88. The molecule has 0 saturated carbocycles. The van der Waals surface area contributed by atoms with Crippen LogP contribution in [0.15, 0.2) is 124 Å². The Labute approximate surface area is 466 Å². The number of phenolic OH excluding ortho intramolecular Hbond substituents is 1. The van der Waals surface area contributed by atoms with Gasteiger partial charge in [0.15, 0.2) is 41.9 Å². The molecule has 2 fully saturated rings. The Morgan fingerprint density at radius 2 is 1.00 bits per heavy atom. The second kappa shape index (κ2) is 26.7. The van der Waals surface area contributed by atoms with Crippen LogP contribution in [-0.4, -0.2) is 96.9 Å². The minimum Gasteiger partial charge on any atom is -0.507 e. The summed E-state index contributed by atoms with van der Waals surface area (Å²) in [6.07, 6.45) is -12.7. The van der Waals surface area contributed by atoms with E-state index >= 15 is 4.79 Å². The lowest BCUT2D eigenvalue weighted by Crippen LogP contribution is -2.64. The molecule has 2 aliphatic rings. The molecule has 0 spiro atoms. The second-order valence-corrected chi connectivity index (χ2v) is 19.5. The Bertz CT molecular complexity index is 3170. The number of phenols is 1. The molecule has 0 aliphatic carbocycles. The van der Waals surface area contributed by atoms with E-state index in [9.17, 15) is 29.1 Å². The molecule has 1 N–H and O–H groups in total. The van der Waals surface area contributed by atoms with Crippen molar-refractivity contribution in [2.45, 2.75) is 137 Å². The lowest BCUT2D eigenvalue weighted by molar-refractivity contribution is -0.319. The lowest BCUT2D eigenvalue weighted by atomic mass is 9.89. The molecule has 2 saturated heterocycles. The number of hydrogen-bond acceptors (Lipinski definition) is 20. The molecule has 2 aliphatic heterocycles. The van der Waals surface area contributed by atoms with Crippen molar-refractivity contribution in [3.63, 3.8) is 0 Å². The number of fused-ring (bicyclic) bond motifs is 1. The topological polar surface area (TPSA) is 247 Å². The second-order valence-electron chi connectivity index (χ2n) is 19.5. The fourth-order valence-corrected chi connectivity index (χ4v) is 9.69. The van der Waals surface area contributed by atoms with E-state index in [0.717, 1.165) is 44.4 Å². The van der Waals surface area contributed by atoms with Crippen molar-refractivity contribution in [3.8, 4) is 40.1 Å². The smallest absolute Gasteiger partial charge is 0.303 e. The van der Waals surface area contributed by atoms with Crippen LogP contribution in [0.2, 0.25) is 0 Å². The number of benzene rings is 5. The fourth-order valence-electron chi connectivity index (χ4n) is 9.69. The van der Waals surface area contributed by atoms with Gasteiger partial charge in [-0.2, -0.15) is 0 Å². The maximum atomic E-state index is 15.3. The van der Waals surface area contributed by atoms with E-state index in [1.54, 1.807) is 32.0 Å². The standard InChI is InChI=1S/C61H64O20/c1-9-45-34(3)52(73-35(4)62)58(76-38(7)65)60(79-45)72-32-49-55(74-36(5)63)57(75-37(6)64)59(77-39(8)66)61(80-49)81-56-51(68)50-44(67)25-33(2)26-46(50)78-53(56)43-27-47(69-29-40-19-13-10-14-20-40)54(71-31-42-23-17-12-18-24-42)48(28-43)70-30-41-21-15-11-16-22-41/h10-28,34,45,49,52,55,57-61,67H,9,29-32H2,1-8H3/t34-,45-,49-,52+,55+,57+,58+,59-,60-,61+/m1/s1. The zero-order chi connectivity index (χ0) is 57.9. The molecule has 10 atom stereocenters. The summed E-state index contributed by atoms with van der Waals surface area (Å²) in [6, 6.07) is 34.1. The minimum atomic E-state index is -1.96. The van der Waals surface area contributed by atoms with E-state index < -0.39 is 115 Å². The van der Waals surface area contributed by atoms with E-state index in [1.807, 2.05) is 97.9 Å². The largest absolute Gasteiger partial charge is 0.507 e. The molecule has 20 heteroatoms. The van der Waals surface area contributed by atoms with Gasteiger partial charge >= 0.3 is 29.8 Å². The molecule has 0 amide bonds. The molecular weight excluding hydrogens is 1050 g/mol. The van der Waals surface area contributed by atoms with Crippen LogP contribution in [0.5, 0.6) is 28.7 Å². The van der Waals surface area contributed by atoms with Crippen molar-refractivity contribution in [2.24, 2.45) is 5.92 Å². The third-order valence-corrected chi connectivity index (χ3v) is 13.2. The Morgan fingerprint density at radius 1 is 0.543 bits per heavy atom. The van der Waals surface area contributed by atoms with Gasteiger partial charge in [-0.1, -0.05) is 105 Å². The molecule has 1 aromatic heterocycles. The monoisotopic (exact) mass is 1120 g/mol. The average molecular weight is 1120 g/mol.